The average molecular weight is 586 g/mol. The molecular weight excluding hydrogens is 544 g/mol. The van der Waals surface area contributed by atoms with E-state index in [4.69, 9.17) is 18.9 Å². The van der Waals surface area contributed by atoms with Crippen LogP contribution in [-0.2, 0) is 23.7 Å². The summed E-state index contributed by atoms with van der Waals surface area (Å²) in [5.74, 6) is -0.444. The zero-order chi connectivity index (χ0) is 30.7. The second-order valence-electron chi connectivity index (χ2n) is 8.84. The average Bonchev–Trinajstić information content (AvgIpc) is 3.01. The normalized spacial score (nSPS) is 10.7. The number of amides is 6. The second kappa shape index (κ2) is 19.3. The maximum Gasteiger partial charge on any atom is 0.344 e. The van der Waals surface area contributed by atoms with Crippen molar-refractivity contribution in [2.75, 3.05) is 89.8 Å². The van der Waals surface area contributed by atoms with E-state index in [1.165, 1.54) is 36.2 Å². The monoisotopic (exact) mass is 585 g/mol. The first-order valence-electron chi connectivity index (χ1n) is 13.8. The molecular formula is C30H41N4O8. The Morgan fingerprint density at radius 2 is 1.21 bits per heavy atom. The maximum atomic E-state index is 14.1. The number of carbonyl (C=O) groups excluding carboxylic acids is 4. The van der Waals surface area contributed by atoms with Crippen LogP contribution < -0.4 is 9.80 Å². The van der Waals surface area contributed by atoms with Crippen molar-refractivity contribution in [3.63, 3.8) is 0 Å². The number of benzene rings is 2. The first-order chi connectivity index (χ1) is 20.4. The van der Waals surface area contributed by atoms with Crippen molar-refractivity contribution < 1.29 is 38.1 Å². The Labute approximate surface area is 247 Å². The van der Waals surface area contributed by atoms with Crippen LogP contribution in [-0.4, -0.2) is 114 Å². The Balaban J connectivity index is 2.52. The van der Waals surface area contributed by atoms with Crippen LogP contribution in [0.4, 0.5) is 21.0 Å². The summed E-state index contributed by atoms with van der Waals surface area (Å²) in [4.78, 5) is 58.5. The van der Waals surface area contributed by atoms with E-state index in [1.54, 1.807) is 48.9 Å². The van der Waals surface area contributed by atoms with Gasteiger partial charge in [-0.2, -0.15) is 0 Å². The number of para-hydroxylation sites is 2. The Hall–Kier alpha value is -3.84. The lowest BCUT2D eigenvalue weighted by atomic mass is 10.1. The molecule has 2 rings (SSSR count). The first-order valence-corrected chi connectivity index (χ1v) is 13.8. The topological polar surface area (TPSA) is 118 Å². The third kappa shape index (κ3) is 9.91. The number of imide groups is 2. The minimum atomic E-state index is -1.00. The van der Waals surface area contributed by atoms with E-state index in [1.807, 2.05) is 13.8 Å². The van der Waals surface area contributed by atoms with Crippen LogP contribution in [0.3, 0.4) is 0 Å². The molecule has 12 heteroatoms. The Bertz CT molecular complexity index is 1100. The molecule has 2 aromatic rings. The summed E-state index contributed by atoms with van der Waals surface area (Å²) in [6.07, 6.45) is 1.64. The van der Waals surface area contributed by atoms with Gasteiger partial charge in [0.2, 0.25) is 0 Å². The van der Waals surface area contributed by atoms with Gasteiger partial charge in [0.25, 0.3) is 5.91 Å². The molecule has 0 aliphatic heterocycles. The molecule has 6 amide bonds. The van der Waals surface area contributed by atoms with Gasteiger partial charge in [0.05, 0.1) is 43.4 Å². The molecule has 0 aliphatic rings. The molecule has 0 heterocycles. The lowest BCUT2D eigenvalue weighted by Crippen LogP contribution is -2.53. The van der Waals surface area contributed by atoms with Gasteiger partial charge in [-0.3, -0.25) is 9.59 Å². The molecule has 2 aromatic carbocycles. The van der Waals surface area contributed by atoms with Crippen molar-refractivity contribution in [2.24, 2.45) is 0 Å². The molecule has 0 N–H and O–H groups in total. The lowest BCUT2D eigenvalue weighted by Gasteiger charge is -2.32. The molecule has 1 radical (unpaired) electrons. The van der Waals surface area contributed by atoms with Gasteiger partial charge < -0.3 is 28.7 Å². The fourth-order valence-electron chi connectivity index (χ4n) is 3.99. The number of urea groups is 2. The zero-order valence-electron chi connectivity index (χ0n) is 24.8. The Morgan fingerprint density at radius 3 is 1.74 bits per heavy atom. The number of hydrogen-bond donors (Lipinski definition) is 0. The summed E-state index contributed by atoms with van der Waals surface area (Å²) in [5.41, 5.74) is 0.286. The molecule has 42 heavy (non-hydrogen) atoms. The van der Waals surface area contributed by atoms with Crippen LogP contribution in [0.15, 0.2) is 54.6 Å². The van der Waals surface area contributed by atoms with Gasteiger partial charge in [0, 0.05) is 53.6 Å². The van der Waals surface area contributed by atoms with Crippen molar-refractivity contribution >= 4 is 35.8 Å². The molecule has 229 valence electrons. The standard InChI is InChI=1S/C30H41N4O8/c1-5-41-22-18-32(19-23-42-6-2)29(37)34(25-12-8-7-9-13-25)30(38)33(24-35)27-15-11-10-14-26(27)28(36)31(16-20-39-3)17-21-40-4/h7-15H,5-6,16-23H2,1-4H3. The molecule has 0 fully saturated rings. The first kappa shape index (κ1) is 34.4. The lowest BCUT2D eigenvalue weighted by molar-refractivity contribution is 0.0628. The van der Waals surface area contributed by atoms with Gasteiger partial charge in [-0.25, -0.2) is 19.4 Å². The van der Waals surface area contributed by atoms with Crippen molar-refractivity contribution in [3.05, 3.63) is 60.2 Å². The van der Waals surface area contributed by atoms with Gasteiger partial charge in [-0.15, -0.1) is 0 Å². The summed E-state index contributed by atoms with van der Waals surface area (Å²) in [6.45, 7) is 6.51. The smallest absolute Gasteiger partial charge is 0.344 e. The number of hydrogen-bond acceptors (Lipinski definition) is 8. The summed E-state index contributed by atoms with van der Waals surface area (Å²) in [5, 5.41) is 0. The maximum absolute atomic E-state index is 14.1. The fourth-order valence-corrected chi connectivity index (χ4v) is 3.99. The van der Waals surface area contributed by atoms with Crippen LogP contribution >= 0.6 is 0 Å². The zero-order valence-corrected chi connectivity index (χ0v) is 24.8. The molecule has 0 saturated carbocycles. The van der Waals surface area contributed by atoms with Crippen LogP contribution in [0.5, 0.6) is 0 Å². The van der Waals surface area contributed by atoms with Crippen LogP contribution in [0.2, 0.25) is 0 Å². The van der Waals surface area contributed by atoms with E-state index in [0.717, 1.165) is 4.90 Å². The quantitative estimate of drug-likeness (QED) is 0.193. The number of ether oxygens (including phenoxy) is 4. The predicted octanol–water partition coefficient (Wildman–Crippen LogP) is 3.42. The second-order valence-corrected chi connectivity index (χ2v) is 8.84. The van der Waals surface area contributed by atoms with Crippen molar-refractivity contribution in [1.29, 1.82) is 0 Å². The van der Waals surface area contributed by atoms with Gasteiger partial charge in [0.1, 0.15) is 0 Å². The summed E-state index contributed by atoms with van der Waals surface area (Å²) >= 11 is 0. The minimum absolute atomic E-state index is 0.0220. The fraction of sp³-hybridized carbons (Fsp3) is 0.467. The number of methoxy groups -OCH3 is 2. The molecule has 0 spiro atoms. The van der Waals surface area contributed by atoms with Crippen molar-refractivity contribution in [1.82, 2.24) is 9.80 Å². The van der Waals surface area contributed by atoms with E-state index in [2.05, 4.69) is 0 Å². The summed E-state index contributed by atoms with van der Waals surface area (Å²) in [7, 11) is 3.05. The SMILES string of the molecule is CCOCCN(CCOCC)C(=O)N(C(=O)N([C]=O)c1ccccc1C(=O)N(CCOC)CCOC)c1ccccc1. The van der Waals surface area contributed by atoms with E-state index >= 15 is 0 Å². The Kier molecular flexibility index (Phi) is 15.8. The van der Waals surface area contributed by atoms with E-state index < -0.39 is 18.0 Å². The highest BCUT2D eigenvalue weighted by Crippen LogP contribution is 2.25. The molecule has 0 atom stereocenters. The van der Waals surface area contributed by atoms with E-state index in [0.29, 0.717) is 18.1 Å². The summed E-state index contributed by atoms with van der Waals surface area (Å²) < 4.78 is 21.2. The highest BCUT2D eigenvalue weighted by Gasteiger charge is 2.34. The van der Waals surface area contributed by atoms with E-state index in [-0.39, 0.29) is 69.5 Å². The molecule has 0 aromatic heterocycles. The minimum Gasteiger partial charge on any atom is -0.383 e. The van der Waals surface area contributed by atoms with Crippen LogP contribution in [0.25, 0.3) is 0 Å². The van der Waals surface area contributed by atoms with Gasteiger partial charge in [-0.05, 0) is 38.1 Å². The van der Waals surface area contributed by atoms with E-state index in [9.17, 15) is 19.2 Å². The molecule has 0 bridgehead atoms. The van der Waals surface area contributed by atoms with Gasteiger partial charge >= 0.3 is 18.5 Å². The van der Waals surface area contributed by atoms with Crippen molar-refractivity contribution in [2.45, 2.75) is 13.8 Å². The highest BCUT2D eigenvalue weighted by atomic mass is 16.5. The Morgan fingerprint density at radius 1 is 0.690 bits per heavy atom. The molecule has 0 aliphatic carbocycles. The number of carbonyl (C=O) groups is 3. The molecule has 12 nitrogen and oxygen atoms in total. The highest BCUT2D eigenvalue weighted by molar-refractivity contribution is 6.25. The van der Waals surface area contributed by atoms with Gasteiger partial charge in [0.15, 0.2) is 0 Å². The third-order valence-corrected chi connectivity index (χ3v) is 6.16. The predicted molar refractivity (Wildman–Crippen MR) is 159 cm³/mol. The number of nitrogens with zero attached hydrogens (tertiary/aromatic N) is 4. The molecule has 0 unspecified atom stereocenters. The number of rotatable bonds is 18. The third-order valence-electron chi connectivity index (χ3n) is 6.16. The number of anilines is 2. The van der Waals surface area contributed by atoms with Gasteiger partial charge in [-0.1, -0.05) is 30.3 Å². The molecule has 0 saturated heterocycles. The summed E-state index contributed by atoms with van der Waals surface area (Å²) in [6, 6.07) is 12.7. The van der Waals surface area contributed by atoms with Crippen molar-refractivity contribution in [3.8, 4) is 0 Å². The van der Waals surface area contributed by atoms with Crippen LogP contribution in [0, 0.1) is 0 Å². The van der Waals surface area contributed by atoms with Crippen LogP contribution in [0.1, 0.15) is 24.2 Å². The largest absolute Gasteiger partial charge is 0.383 e.